The monoisotopic (exact) mass is 357 g/mol. The Labute approximate surface area is 140 Å². The molecule has 0 radical (unpaired) electrons. The number of alkyl halides is 3. The highest BCUT2D eigenvalue weighted by Gasteiger charge is 2.31. The van der Waals surface area contributed by atoms with Crippen LogP contribution in [-0.4, -0.2) is 24.2 Å². The maximum Gasteiger partial charge on any atom is 0.416 e. The SMILES string of the molecule is COc1cc(C(O)c2ccc(C(F)(F)F)cc2)c([N+](=O)[O-])cc1OC. The van der Waals surface area contributed by atoms with Crippen LogP contribution in [0.5, 0.6) is 11.5 Å². The van der Waals surface area contributed by atoms with Gasteiger partial charge in [0, 0.05) is 0 Å². The van der Waals surface area contributed by atoms with Crippen molar-refractivity contribution in [2.24, 2.45) is 0 Å². The molecule has 0 aromatic heterocycles. The maximum absolute atomic E-state index is 12.6. The molecule has 9 heteroatoms. The maximum atomic E-state index is 12.6. The molecule has 0 aliphatic rings. The highest BCUT2D eigenvalue weighted by Crippen LogP contribution is 2.39. The smallest absolute Gasteiger partial charge is 0.416 e. The topological polar surface area (TPSA) is 81.8 Å². The number of hydrogen-bond donors (Lipinski definition) is 1. The van der Waals surface area contributed by atoms with E-state index in [1.807, 2.05) is 0 Å². The molecule has 0 bridgehead atoms. The highest BCUT2D eigenvalue weighted by atomic mass is 19.4. The van der Waals surface area contributed by atoms with Gasteiger partial charge in [-0.25, -0.2) is 0 Å². The van der Waals surface area contributed by atoms with Gasteiger partial charge in [0.05, 0.1) is 36.3 Å². The second kappa shape index (κ2) is 6.98. The average molecular weight is 357 g/mol. The fourth-order valence-corrected chi connectivity index (χ4v) is 2.30. The van der Waals surface area contributed by atoms with E-state index in [9.17, 15) is 28.4 Å². The average Bonchev–Trinajstić information content (AvgIpc) is 2.59. The van der Waals surface area contributed by atoms with Crippen molar-refractivity contribution in [1.82, 2.24) is 0 Å². The van der Waals surface area contributed by atoms with Crippen molar-refractivity contribution < 1.29 is 32.7 Å². The highest BCUT2D eigenvalue weighted by molar-refractivity contribution is 5.56. The molecule has 25 heavy (non-hydrogen) atoms. The van der Waals surface area contributed by atoms with E-state index in [0.29, 0.717) is 0 Å². The summed E-state index contributed by atoms with van der Waals surface area (Å²) in [6.07, 6.45) is -6.03. The number of benzene rings is 2. The van der Waals surface area contributed by atoms with Gasteiger partial charge in [-0.3, -0.25) is 10.1 Å². The molecule has 1 atom stereocenters. The van der Waals surface area contributed by atoms with Crippen molar-refractivity contribution in [2.75, 3.05) is 14.2 Å². The van der Waals surface area contributed by atoms with Crippen LogP contribution in [0.25, 0.3) is 0 Å². The molecule has 1 unspecified atom stereocenters. The Balaban J connectivity index is 2.50. The van der Waals surface area contributed by atoms with Gasteiger partial charge in [0.25, 0.3) is 5.69 Å². The van der Waals surface area contributed by atoms with Crippen LogP contribution in [0, 0.1) is 10.1 Å². The Bertz CT molecular complexity index is 775. The number of hydrogen-bond acceptors (Lipinski definition) is 5. The Morgan fingerprint density at radius 2 is 1.60 bits per heavy atom. The van der Waals surface area contributed by atoms with Gasteiger partial charge in [-0.2, -0.15) is 13.2 Å². The van der Waals surface area contributed by atoms with E-state index in [-0.39, 0.29) is 22.6 Å². The number of nitro groups is 1. The van der Waals surface area contributed by atoms with Gasteiger partial charge in [-0.05, 0) is 23.8 Å². The fraction of sp³-hybridized carbons (Fsp3) is 0.250. The quantitative estimate of drug-likeness (QED) is 0.652. The van der Waals surface area contributed by atoms with Crippen molar-refractivity contribution in [3.05, 3.63) is 63.2 Å². The lowest BCUT2D eigenvalue weighted by Crippen LogP contribution is -2.08. The minimum atomic E-state index is -4.52. The largest absolute Gasteiger partial charge is 0.493 e. The number of methoxy groups -OCH3 is 2. The molecule has 0 aliphatic carbocycles. The summed E-state index contributed by atoms with van der Waals surface area (Å²) >= 11 is 0. The number of rotatable bonds is 5. The first-order chi connectivity index (χ1) is 11.7. The predicted molar refractivity (Wildman–Crippen MR) is 81.7 cm³/mol. The molecule has 0 fully saturated rings. The van der Waals surface area contributed by atoms with Gasteiger partial charge >= 0.3 is 6.18 Å². The van der Waals surface area contributed by atoms with Crippen LogP contribution in [0.15, 0.2) is 36.4 Å². The van der Waals surface area contributed by atoms with Crippen LogP contribution >= 0.6 is 0 Å². The molecule has 6 nitrogen and oxygen atoms in total. The van der Waals surface area contributed by atoms with Crippen molar-refractivity contribution in [2.45, 2.75) is 12.3 Å². The minimum Gasteiger partial charge on any atom is -0.493 e. The summed E-state index contributed by atoms with van der Waals surface area (Å²) in [4.78, 5) is 10.5. The van der Waals surface area contributed by atoms with Gasteiger partial charge in [-0.1, -0.05) is 12.1 Å². The fourth-order valence-electron chi connectivity index (χ4n) is 2.30. The zero-order valence-electron chi connectivity index (χ0n) is 13.2. The van der Waals surface area contributed by atoms with Gasteiger partial charge in [-0.15, -0.1) is 0 Å². The van der Waals surface area contributed by atoms with Crippen LogP contribution in [0.2, 0.25) is 0 Å². The van der Waals surface area contributed by atoms with Crippen molar-refractivity contribution in [3.63, 3.8) is 0 Å². The summed E-state index contributed by atoms with van der Waals surface area (Å²) < 4.78 is 47.9. The standard InChI is InChI=1S/C16H14F3NO5/c1-24-13-7-11(12(20(22)23)8-14(13)25-2)15(21)9-3-5-10(6-4-9)16(17,18)19/h3-8,15,21H,1-2H3. The van der Waals surface area contributed by atoms with Gasteiger partial charge in [0.2, 0.25) is 0 Å². The number of halogens is 3. The molecule has 0 heterocycles. The second-order valence-electron chi connectivity index (χ2n) is 5.05. The van der Waals surface area contributed by atoms with Gasteiger partial charge < -0.3 is 14.6 Å². The molecule has 2 aromatic carbocycles. The second-order valence-corrected chi connectivity index (χ2v) is 5.05. The van der Waals surface area contributed by atoms with Crippen molar-refractivity contribution >= 4 is 5.69 Å². The lowest BCUT2D eigenvalue weighted by Gasteiger charge is -2.16. The first-order valence-corrected chi connectivity index (χ1v) is 6.94. The Hall–Kier alpha value is -2.81. The normalized spacial score (nSPS) is 12.6. The van der Waals surface area contributed by atoms with Crippen LogP contribution in [-0.2, 0) is 6.18 Å². The van der Waals surface area contributed by atoms with Crippen molar-refractivity contribution in [1.29, 1.82) is 0 Å². The summed E-state index contributed by atoms with van der Waals surface area (Å²) in [6.45, 7) is 0. The van der Waals surface area contributed by atoms with Crippen LogP contribution < -0.4 is 9.47 Å². The lowest BCUT2D eigenvalue weighted by molar-refractivity contribution is -0.386. The molecular weight excluding hydrogens is 343 g/mol. The lowest BCUT2D eigenvalue weighted by atomic mass is 9.98. The molecule has 1 N–H and O–H groups in total. The van der Waals surface area contributed by atoms with Gasteiger partial charge in [0.1, 0.15) is 6.10 Å². The Morgan fingerprint density at radius 1 is 1.08 bits per heavy atom. The van der Waals surface area contributed by atoms with E-state index in [4.69, 9.17) is 9.47 Å². The molecule has 134 valence electrons. The number of nitro benzene ring substituents is 1. The number of ether oxygens (including phenoxy) is 2. The number of aliphatic hydroxyl groups excluding tert-OH is 1. The summed E-state index contributed by atoms with van der Waals surface area (Å²) in [7, 11) is 2.62. The van der Waals surface area contributed by atoms with Crippen LogP contribution in [0.4, 0.5) is 18.9 Å². The summed E-state index contributed by atoms with van der Waals surface area (Å²) in [5.74, 6) is 0.242. The summed E-state index contributed by atoms with van der Waals surface area (Å²) in [5, 5.41) is 21.7. The van der Waals surface area contributed by atoms with Gasteiger partial charge in [0.15, 0.2) is 11.5 Å². The molecule has 0 saturated carbocycles. The summed E-state index contributed by atoms with van der Waals surface area (Å²) in [5.41, 5.74) is -1.37. The zero-order valence-corrected chi connectivity index (χ0v) is 13.2. The molecule has 0 aliphatic heterocycles. The first-order valence-electron chi connectivity index (χ1n) is 6.94. The third kappa shape index (κ3) is 3.82. The zero-order chi connectivity index (χ0) is 18.8. The van der Waals surface area contributed by atoms with E-state index in [1.54, 1.807) is 0 Å². The molecule has 2 aromatic rings. The molecular formula is C16H14F3NO5. The number of aliphatic hydroxyl groups is 1. The van der Waals surface area contributed by atoms with Crippen molar-refractivity contribution in [3.8, 4) is 11.5 Å². The van der Waals surface area contributed by atoms with Crippen LogP contribution in [0.3, 0.4) is 0 Å². The van der Waals surface area contributed by atoms with Crippen LogP contribution in [0.1, 0.15) is 22.8 Å². The molecule has 0 spiro atoms. The van der Waals surface area contributed by atoms with E-state index >= 15 is 0 Å². The third-order valence-electron chi connectivity index (χ3n) is 3.58. The van der Waals surface area contributed by atoms with E-state index < -0.39 is 28.5 Å². The van der Waals surface area contributed by atoms with E-state index in [0.717, 1.165) is 30.3 Å². The van der Waals surface area contributed by atoms with E-state index in [1.165, 1.54) is 20.3 Å². The Kier molecular flexibility index (Phi) is 5.17. The third-order valence-corrected chi connectivity index (χ3v) is 3.58. The molecule has 0 amide bonds. The predicted octanol–water partition coefficient (Wildman–Crippen LogP) is 3.71. The first kappa shape index (κ1) is 18.5. The molecule has 0 saturated heterocycles. The number of nitrogens with zero attached hydrogens (tertiary/aromatic N) is 1. The minimum absolute atomic E-state index is 0.0725. The van der Waals surface area contributed by atoms with E-state index in [2.05, 4.69) is 0 Å². The Morgan fingerprint density at radius 3 is 2.04 bits per heavy atom. The molecule has 2 rings (SSSR count). The summed E-state index contributed by atoms with van der Waals surface area (Å²) in [6, 6.07) is 6.03.